The van der Waals surface area contributed by atoms with Gasteiger partial charge in [0.25, 0.3) is 0 Å². The van der Waals surface area contributed by atoms with E-state index in [2.05, 4.69) is 18.3 Å². The van der Waals surface area contributed by atoms with Gasteiger partial charge in [-0.1, -0.05) is 30.8 Å². The first-order valence-electron chi connectivity index (χ1n) is 4.82. The van der Waals surface area contributed by atoms with Gasteiger partial charge in [-0.2, -0.15) is 0 Å². The summed E-state index contributed by atoms with van der Waals surface area (Å²) < 4.78 is 0. The van der Waals surface area contributed by atoms with E-state index in [1.807, 2.05) is 37.3 Å². The average molecular weight is 200 g/mol. The van der Waals surface area contributed by atoms with Crippen LogP contribution in [0.3, 0.4) is 0 Å². The summed E-state index contributed by atoms with van der Waals surface area (Å²) in [5, 5.41) is 0. The van der Waals surface area contributed by atoms with Crippen molar-refractivity contribution in [3.8, 4) is 0 Å². The van der Waals surface area contributed by atoms with Crippen LogP contribution in [0.4, 0.5) is 0 Å². The first-order chi connectivity index (χ1) is 7.15. The molecule has 0 aliphatic heterocycles. The van der Waals surface area contributed by atoms with E-state index in [0.29, 0.717) is 0 Å². The Balaban J connectivity index is 2.84. The summed E-state index contributed by atoms with van der Waals surface area (Å²) in [7, 11) is 0. The predicted octanol–water partition coefficient (Wildman–Crippen LogP) is 2.93. The maximum atomic E-state index is 5.76. The van der Waals surface area contributed by atoms with Gasteiger partial charge in [-0.25, -0.2) is 0 Å². The molecule has 2 nitrogen and oxygen atoms in total. The van der Waals surface area contributed by atoms with Crippen LogP contribution in [-0.2, 0) is 0 Å². The number of benzene rings is 1. The molecular weight excluding hydrogens is 184 g/mol. The van der Waals surface area contributed by atoms with E-state index >= 15 is 0 Å². The molecule has 0 saturated carbocycles. The largest absolute Gasteiger partial charge is 0.324 e. The second-order valence-electron chi connectivity index (χ2n) is 3.43. The lowest BCUT2D eigenvalue weighted by atomic mass is 10.0. The van der Waals surface area contributed by atoms with Crippen LogP contribution >= 0.6 is 0 Å². The predicted molar refractivity (Wildman–Crippen MR) is 66.8 cm³/mol. The summed E-state index contributed by atoms with van der Waals surface area (Å²) in [6, 6.07) is 8.11. The molecule has 0 spiro atoms. The highest BCUT2D eigenvalue weighted by Crippen LogP contribution is 2.17. The van der Waals surface area contributed by atoms with Gasteiger partial charge in [0, 0.05) is 12.2 Å². The molecule has 0 aliphatic carbocycles. The zero-order chi connectivity index (χ0) is 11.3. The number of hydrogen-bond acceptors (Lipinski definition) is 2. The normalized spacial score (nSPS) is 12.7. The van der Waals surface area contributed by atoms with Gasteiger partial charge in [0.1, 0.15) is 0 Å². The molecule has 1 aromatic carbocycles. The van der Waals surface area contributed by atoms with Crippen molar-refractivity contribution in [1.82, 2.24) is 0 Å². The number of rotatable bonds is 4. The van der Waals surface area contributed by atoms with Gasteiger partial charge >= 0.3 is 0 Å². The van der Waals surface area contributed by atoms with Crippen molar-refractivity contribution in [2.75, 3.05) is 0 Å². The molecule has 0 heterocycles. The van der Waals surface area contributed by atoms with E-state index in [9.17, 15) is 0 Å². The van der Waals surface area contributed by atoms with E-state index in [-0.39, 0.29) is 6.04 Å². The number of allylic oxidation sites excluding steroid dienone is 2. The summed E-state index contributed by atoms with van der Waals surface area (Å²) in [5.41, 5.74) is 8.87. The molecule has 2 heteroatoms. The molecule has 78 valence electrons. The summed E-state index contributed by atoms with van der Waals surface area (Å²) >= 11 is 0. The molecule has 0 fully saturated rings. The minimum atomic E-state index is 0.0673. The van der Waals surface area contributed by atoms with E-state index < -0.39 is 0 Å². The van der Waals surface area contributed by atoms with E-state index in [1.165, 1.54) is 0 Å². The number of nitrogens with zero attached hydrogens (tertiary/aromatic N) is 1. The van der Waals surface area contributed by atoms with Gasteiger partial charge in [0.05, 0.1) is 0 Å². The SMILES string of the molecule is C=N/C=C\C(=C)c1ccc([C@@H](C)N)cc1. The van der Waals surface area contributed by atoms with Crippen LogP contribution in [0.5, 0.6) is 0 Å². The van der Waals surface area contributed by atoms with Gasteiger partial charge < -0.3 is 5.73 Å². The standard InChI is InChI=1S/C13H16N2/c1-10(8-9-15-3)12-4-6-13(7-5-12)11(2)14/h4-9,11H,1,3,14H2,2H3/b9-8-/t11-/m1/s1. The topological polar surface area (TPSA) is 38.4 Å². The number of aliphatic imine (C=N–C) groups is 1. The summed E-state index contributed by atoms with van der Waals surface area (Å²) in [6.07, 6.45) is 3.45. The summed E-state index contributed by atoms with van der Waals surface area (Å²) in [6.45, 7) is 9.26. The lowest BCUT2D eigenvalue weighted by Crippen LogP contribution is -2.04. The Morgan fingerprint density at radius 3 is 2.47 bits per heavy atom. The molecule has 0 unspecified atom stereocenters. The number of nitrogens with two attached hydrogens (primary N) is 1. The zero-order valence-corrected chi connectivity index (χ0v) is 8.98. The van der Waals surface area contributed by atoms with E-state index in [1.54, 1.807) is 6.20 Å². The molecule has 0 amide bonds. The van der Waals surface area contributed by atoms with Gasteiger partial charge in [-0.3, -0.25) is 4.99 Å². The molecule has 2 N–H and O–H groups in total. The molecule has 1 rings (SSSR count). The van der Waals surface area contributed by atoms with Gasteiger partial charge in [-0.15, -0.1) is 0 Å². The quantitative estimate of drug-likeness (QED) is 0.589. The second kappa shape index (κ2) is 5.27. The Hall–Kier alpha value is -1.67. The van der Waals surface area contributed by atoms with Crippen LogP contribution in [-0.4, -0.2) is 6.72 Å². The van der Waals surface area contributed by atoms with E-state index in [4.69, 9.17) is 5.73 Å². The molecule has 1 atom stereocenters. The van der Waals surface area contributed by atoms with Crippen molar-refractivity contribution in [3.05, 3.63) is 54.2 Å². The third-order valence-electron chi connectivity index (χ3n) is 2.19. The lowest BCUT2D eigenvalue weighted by molar-refractivity contribution is 0.818. The van der Waals surface area contributed by atoms with Crippen molar-refractivity contribution >= 4 is 12.3 Å². The highest BCUT2D eigenvalue weighted by molar-refractivity contribution is 5.72. The summed E-state index contributed by atoms with van der Waals surface area (Å²) in [4.78, 5) is 3.64. The second-order valence-corrected chi connectivity index (χ2v) is 3.43. The molecule has 0 saturated heterocycles. The fraction of sp³-hybridized carbons (Fsp3) is 0.154. The first kappa shape index (κ1) is 11.4. The average Bonchev–Trinajstić information content (AvgIpc) is 2.26. The first-order valence-corrected chi connectivity index (χ1v) is 4.82. The fourth-order valence-electron chi connectivity index (χ4n) is 1.24. The van der Waals surface area contributed by atoms with Crippen molar-refractivity contribution < 1.29 is 0 Å². The van der Waals surface area contributed by atoms with Crippen LogP contribution in [0, 0.1) is 0 Å². The van der Waals surface area contributed by atoms with Crippen LogP contribution in [0.15, 0.2) is 48.1 Å². The van der Waals surface area contributed by atoms with Gasteiger partial charge in [0.15, 0.2) is 0 Å². The molecule has 15 heavy (non-hydrogen) atoms. The van der Waals surface area contributed by atoms with Crippen molar-refractivity contribution in [3.63, 3.8) is 0 Å². The van der Waals surface area contributed by atoms with Crippen LogP contribution in [0.1, 0.15) is 24.1 Å². The van der Waals surface area contributed by atoms with Crippen molar-refractivity contribution in [1.29, 1.82) is 0 Å². The molecule has 0 aliphatic rings. The highest BCUT2D eigenvalue weighted by Gasteiger charge is 1.99. The third-order valence-corrected chi connectivity index (χ3v) is 2.19. The van der Waals surface area contributed by atoms with Gasteiger partial charge in [0.2, 0.25) is 0 Å². The minimum Gasteiger partial charge on any atom is -0.324 e. The Morgan fingerprint density at radius 1 is 1.40 bits per heavy atom. The number of hydrogen-bond donors (Lipinski definition) is 1. The molecule has 0 aromatic heterocycles. The minimum absolute atomic E-state index is 0.0673. The zero-order valence-electron chi connectivity index (χ0n) is 8.98. The molecule has 0 bridgehead atoms. The van der Waals surface area contributed by atoms with Crippen LogP contribution in [0.25, 0.3) is 5.57 Å². The summed E-state index contributed by atoms with van der Waals surface area (Å²) in [5.74, 6) is 0. The smallest absolute Gasteiger partial charge is 0.0266 e. The lowest BCUT2D eigenvalue weighted by Gasteiger charge is -2.06. The van der Waals surface area contributed by atoms with Crippen molar-refractivity contribution in [2.45, 2.75) is 13.0 Å². The molecule has 1 aromatic rings. The van der Waals surface area contributed by atoms with Gasteiger partial charge in [-0.05, 0) is 36.4 Å². The Labute approximate surface area is 90.8 Å². The van der Waals surface area contributed by atoms with E-state index in [0.717, 1.165) is 16.7 Å². The Kier molecular flexibility index (Phi) is 4.01. The maximum Gasteiger partial charge on any atom is 0.0266 e. The highest BCUT2D eigenvalue weighted by atomic mass is 14.6. The maximum absolute atomic E-state index is 5.76. The van der Waals surface area contributed by atoms with Crippen LogP contribution in [0.2, 0.25) is 0 Å². The fourth-order valence-corrected chi connectivity index (χ4v) is 1.24. The monoisotopic (exact) mass is 200 g/mol. The Bertz CT molecular complexity index is 372. The third kappa shape index (κ3) is 3.18. The molecule has 0 radical (unpaired) electrons. The molecular formula is C13H16N2. The van der Waals surface area contributed by atoms with Crippen LogP contribution < -0.4 is 5.73 Å². The Morgan fingerprint density at radius 2 is 2.00 bits per heavy atom. The van der Waals surface area contributed by atoms with Crippen molar-refractivity contribution in [2.24, 2.45) is 10.7 Å².